The van der Waals surface area contributed by atoms with Gasteiger partial charge in [0, 0.05) is 12.7 Å². The van der Waals surface area contributed by atoms with Crippen molar-refractivity contribution in [3.63, 3.8) is 0 Å². The Morgan fingerprint density at radius 2 is 2.29 bits per heavy atom. The summed E-state index contributed by atoms with van der Waals surface area (Å²) in [4.78, 5) is 27.8. The molecule has 0 unspecified atom stereocenters. The fourth-order valence-corrected chi connectivity index (χ4v) is 1.62. The van der Waals surface area contributed by atoms with E-state index in [2.05, 4.69) is 4.98 Å². The zero-order chi connectivity index (χ0) is 12.8. The summed E-state index contributed by atoms with van der Waals surface area (Å²) in [6.07, 6.45) is 2.33. The minimum absolute atomic E-state index is 0.0655. The van der Waals surface area contributed by atoms with Gasteiger partial charge in [0.05, 0.1) is 12.1 Å². The zero-order valence-corrected chi connectivity index (χ0v) is 10.1. The summed E-state index contributed by atoms with van der Waals surface area (Å²) < 4.78 is 0. The molecule has 0 aromatic carbocycles. The number of aldehydes is 1. The molecule has 1 aromatic rings. The lowest BCUT2D eigenvalue weighted by molar-refractivity contribution is -0.116. The predicted molar refractivity (Wildman–Crippen MR) is 65.9 cm³/mol. The SMILES string of the molecule is CC(C)CN(CC(N)=O)c1ncccc1C=O. The molecular weight excluding hydrogens is 218 g/mol. The number of nitrogens with zero attached hydrogens (tertiary/aromatic N) is 2. The van der Waals surface area contributed by atoms with E-state index in [4.69, 9.17) is 5.73 Å². The van der Waals surface area contributed by atoms with E-state index < -0.39 is 5.91 Å². The number of carbonyl (C=O) groups is 2. The van der Waals surface area contributed by atoms with Crippen molar-refractivity contribution in [3.8, 4) is 0 Å². The number of amides is 1. The third kappa shape index (κ3) is 3.86. The first-order chi connectivity index (χ1) is 8.04. The number of nitrogens with two attached hydrogens (primary N) is 1. The van der Waals surface area contributed by atoms with Crippen LogP contribution in [0.4, 0.5) is 5.82 Å². The Bertz CT molecular complexity index is 404. The monoisotopic (exact) mass is 235 g/mol. The molecule has 0 radical (unpaired) electrons. The van der Waals surface area contributed by atoms with Gasteiger partial charge >= 0.3 is 0 Å². The first-order valence-electron chi connectivity index (χ1n) is 5.48. The van der Waals surface area contributed by atoms with Crippen molar-refractivity contribution in [2.75, 3.05) is 18.0 Å². The minimum Gasteiger partial charge on any atom is -0.368 e. The summed E-state index contributed by atoms with van der Waals surface area (Å²) in [5, 5.41) is 0. The molecule has 2 N–H and O–H groups in total. The van der Waals surface area contributed by atoms with E-state index in [9.17, 15) is 9.59 Å². The Kier molecular flexibility index (Phi) is 4.63. The lowest BCUT2D eigenvalue weighted by atomic mass is 10.2. The van der Waals surface area contributed by atoms with Gasteiger partial charge in [0.15, 0.2) is 6.29 Å². The van der Waals surface area contributed by atoms with Crippen molar-refractivity contribution >= 4 is 18.0 Å². The predicted octanol–water partition coefficient (Wildman–Crippen LogP) is 0.842. The van der Waals surface area contributed by atoms with Crippen LogP contribution < -0.4 is 10.6 Å². The Balaban J connectivity index is 3.02. The molecule has 1 amide bonds. The van der Waals surface area contributed by atoms with Crippen molar-refractivity contribution in [2.45, 2.75) is 13.8 Å². The average molecular weight is 235 g/mol. The van der Waals surface area contributed by atoms with E-state index in [1.807, 2.05) is 13.8 Å². The normalized spacial score (nSPS) is 10.3. The van der Waals surface area contributed by atoms with Crippen molar-refractivity contribution in [1.29, 1.82) is 0 Å². The maximum atomic E-state index is 11.0. The average Bonchev–Trinajstić information content (AvgIpc) is 2.27. The number of carbonyl (C=O) groups excluding carboxylic acids is 2. The summed E-state index contributed by atoms with van der Waals surface area (Å²) in [6.45, 7) is 4.74. The fourth-order valence-electron chi connectivity index (χ4n) is 1.62. The Morgan fingerprint density at radius 1 is 1.59 bits per heavy atom. The number of hydrogen-bond donors (Lipinski definition) is 1. The first kappa shape index (κ1) is 13.2. The zero-order valence-electron chi connectivity index (χ0n) is 10.1. The van der Waals surface area contributed by atoms with E-state index >= 15 is 0 Å². The summed E-state index contributed by atoms with van der Waals surface area (Å²) in [7, 11) is 0. The van der Waals surface area contributed by atoms with Crippen LogP contribution in [0.3, 0.4) is 0 Å². The fraction of sp³-hybridized carbons (Fsp3) is 0.417. The number of hydrogen-bond acceptors (Lipinski definition) is 4. The highest BCUT2D eigenvalue weighted by Crippen LogP contribution is 2.16. The standard InChI is InChI=1S/C12H17N3O2/c1-9(2)6-15(7-11(13)17)12-10(8-16)4-3-5-14-12/h3-5,8-9H,6-7H2,1-2H3,(H2,13,17). The van der Waals surface area contributed by atoms with Gasteiger partial charge in [-0.2, -0.15) is 0 Å². The molecule has 5 nitrogen and oxygen atoms in total. The van der Waals surface area contributed by atoms with Crippen LogP contribution >= 0.6 is 0 Å². The van der Waals surface area contributed by atoms with Crippen LogP contribution in [0.25, 0.3) is 0 Å². The topological polar surface area (TPSA) is 76.3 Å². The van der Waals surface area contributed by atoms with Gasteiger partial charge in [0.1, 0.15) is 5.82 Å². The molecule has 1 heterocycles. The Labute approximate surface area is 101 Å². The van der Waals surface area contributed by atoms with Crippen LogP contribution in [0, 0.1) is 5.92 Å². The molecule has 1 aromatic heterocycles. The second-order valence-corrected chi connectivity index (χ2v) is 4.27. The second kappa shape index (κ2) is 5.98. The summed E-state index contributed by atoms with van der Waals surface area (Å²) in [5.74, 6) is 0.416. The van der Waals surface area contributed by atoms with Gasteiger partial charge in [-0.1, -0.05) is 13.8 Å². The maximum absolute atomic E-state index is 11.0. The van der Waals surface area contributed by atoms with Crippen LogP contribution in [0.5, 0.6) is 0 Å². The molecule has 0 saturated heterocycles. The molecular formula is C12H17N3O2. The molecule has 0 spiro atoms. The number of anilines is 1. The molecule has 0 aliphatic carbocycles. The van der Waals surface area contributed by atoms with Crippen molar-refractivity contribution in [2.24, 2.45) is 11.7 Å². The van der Waals surface area contributed by atoms with Crippen LogP contribution in [0.15, 0.2) is 18.3 Å². The Morgan fingerprint density at radius 3 is 2.82 bits per heavy atom. The lowest BCUT2D eigenvalue weighted by Crippen LogP contribution is -2.37. The third-order valence-corrected chi connectivity index (χ3v) is 2.18. The van der Waals surface area contributed by atoms with Crippen LogP contribution in [0.2, 0.25) is 0 Å². The van der Waals surface area contributed by atoms with Gasteiger partial charge in [0.2, 0.25) is 5.91 Å². The van der Waals surface area contributed by atoms with Gasteiger partial charge in [0.25, 0.3) is 0 Å². The van der Waals surface area contributed by atoms with Crippen LogP contribution in [0.1, 0.15) is 24.2 Å². The number of pyridine rings is 1. The molecule has 92 valence electrons. The number of primary amides is 1. The third-order valence-electron chi connectivity index (χ3n) is 2.18. The number of aromatic nitrogens is 1. The minimum atomic E-state index is -0.437. The highest BCUT2D eigenvalue weighted by molar-refractivity contribution is 5.85. The van der Waals surface area contributed by atoms with Crippen LogP contribution in [-0.4, -0.2) is 30.3 Å². The van der Waals surface area contributed by atoms with E-state index in [0.717, 1.165) is 6.29 Å². The van der Waals surface area contributed by atoms with E-state index in [0.29, 0.717) is 23.8 Å². The highest BCUT2D eigenvalue weighted by atomic mass is 16.1. The molecule has 0 aliphatic heterocycles. The highest BCUT2D eigenvalue weighted by Gasteiger charge is 2.15. The molecule has 1 rings (SSSR count). The van der Waals surface area contributed by atoms with E-state index in [1.165, 1.54) is 0 Å². The van der Waals surface area contributed by atoms with Gasteiger partial charge < -0.3 is 10.6 Å². The molecule has 0 bridgehead atoms. The van der Waals surface area contributed by atoms with Crippen LogP contribution in [-0.2, 0) is 4.79 Å². The van der Waals surface area contributed by atoms with E-state index in [1.54, 1.807) is 23.2 Å². The van der Waals surface area contributed by atoms with Gasteiger partial charge in [-0.3, -0.25) is 9.59 Å². The van der Waals surface area contributed by atoms with E-state index in [-0.39, 0.29) is 6.54 Å². The summed E-state index contributed by atoms with van der Waals surface area (Å²) >= 11 is 0. The Hall–Kier alpha value is -1.91. The summed E-state index contributed by atoms with van der Waals surface area (Å²) in [5.41, 5.74) is 5.67. The first-order valence-corrected chi connectivity index (χ1v) is 5.48. The molecule has 0 fully saturated rings. The van der Waals surface area contributed by atoms with Gasteiger partial charge in [-0.25, -0.2) is 4.98 Å². The molecule has 0 aliphatic rings. The second-order valence-electron chi connectivity index (χ2n) is 4.27. The quantitative estimate of drug-likeness (QED) is 0.741. The van der Waals surface area contributed by atoms with Gasteiger partial charge in [-0.15, -0.1) is 0 Å². The largest absolute Gasteiger partial charge is 0.368 e. The smallest absolute Gasteiger partial charge is 0.236 e. The summed E-state index contributed by atoms with van der Waals surface area (Å²) in [6, 6.07) is 3.36. The molecule has 5 heteroatoms. The van der Waals surface area contributed by atoms with Crippen molar-refractivity contribution < 1.29 is 9.59 Å². The number of rotatable bonds is 6. The molecule has 17 heavy (non-hydrogen) atoms. The lowest BCUT2D eigenvalue weighted by Gasteiger charge is -2.25. The maximum Gasteiger partial charge on any atom is 0.236 e. The molecule has 0 atom stereocenters. The van der Waals surface area contributed by atoms with Crippen molar-refractivity contribution in [1.82, 2.24) is 4.98 Å². The molecule has 0 saturated carbocycles. The van der Waals surface area contributed by atoms with Gasteiger partial charge in [-0.05, 0) is 18.1 Å². The van der Waals surface area contributed by atoms with Crippen molar-refractivity contribution in [3.05, 3.63) is 23.9 Å².